The summed E-state index contributed by atoms with van der Waals surface area (Å²) in [5.74, 6) is 1.54. The van der Waals surface area contributed by atoms with Crippen molar-refractivity contribution in [2.45, 2.75) is 33.1 Å². The Hall–Kier alpha value is -2.16. The Morgan fingerprint density at radius 1 is 1.14 bits per heavy atom. The van der Waals surface area contributed by atoms with E-state index in [0.29, 0.717) is 30.7 Å². The Morgan fingerprint density at radius 2 is 1.93 bits per heavy atom. The first-order valence-corrected chi connectivity index (χ1v) is 9.21. The molecule has 1 amide bonds. The molecule has 0 spiro atoms. The van der Waals surface area contributed by atoms with Gasteiger partial charge in [-0.1, -0.05) is 42.8 Å². The molecule has 0 saturated heterocycles. The van der Waals surface area contributed by atoms with Crippen molar-refractivity contribution < 1.29 is 4.79 Å². The molecule has 0 fully saturated rings. The fourth-order valence-corrected chi connectivity index (χ4v) is 2.61. The molecule has 7 heteroatoms. The zero-order chi connectivity index (χ0) is 19.6. The first-order chi connectivity index (χ1) is 13.0. The number of halogens is 1. The number of hydrogen-bond acceptors (Lipinski definition) is 3. The van der Waals surface area contributed by atoms with E-state index in [1.165, 1.54) is 11.1 Å². The summed E-state index contributed by atoms with van der Waals surface area (Å²) < 4.78 is 0. The zero-order valence-electron chi connectivity index (χ0n) is 17.0. The van der Waals surface area contributed by atoms with Crippen LogP contribution < -0.4 is 16.0 Å². The number of hydrogen-bond donors (Lipinski definition) is 3. The SMILES string of the molecule is CN=C(NCCC(=O)Nc1ccc(C)cn1)NCC(C)c1cccc(C)c1.I. The molecule has 0 aliphatic rings. The van der Waals surface area contributed by atoms with Crippen LogP contribution in [0.1, 0.15) is 36.0 Å². The van der Waals surface area contributed by atoms with Crippen LogP contribution in [0, 0.1) is 13.8 Å². The van der Waals surface area contributed by atoms with E-state index in [1.807, 2.05) is 13.0 Å². The van der Waals surface area contributed by atoms with Crippen LogP contribution in [0.3, 0.4) is 0 Å². The van der Waals surface area contributed by atoms with E-state index in [0.717, 1.165) is 12.1 Å². The van der Waals surface area contributed by atoms with Crippen molar-refractivity contribution in [2.24, 2.45) is 4.99 Å². The number of carbonyl (C=O) groups excluding carboxylic acids is 1. The Labute approximate surface area is 184 Å². The molecule has 28 heavy (non-hydrogen) atoms. The smallest absolute Gasteiger partial charge is 0.227 e. The monoisotopic (exact) mass is 495 g/mol. The van der Waals surface area contributed by atoms with Gasteiger partial charge in [-0.25, -0.2) is 4.98 Å². The topological polar surface area (TPSA) is 78.4 Å². The van der Waals surface area contributed by atoms with E-state index in [4.69, 9.17) is 0 Å². The van der Waals surface area contributed by atoms with Gasteiger partial charge in [-0.3, -0.25) is 9.79 Å². The molecule has 0 aliphatic carbocycles. The highest BCUT2D eigenvalue weighted by Crippen LogP contribution is 2.15. The summed E-state index contributed by atoms with van der Waals surface area (Å²) in [4.78, 5) is 20.4. The highest BCUT2D eigenvalue weighted by molar-refractivity contribution is 14.0. The van der Waals surface area contributed by atoms with E-state index in [1.54, 1.807) is 19.3 Å². The molecule has 2 rings (SSSR count). The minimum Gasteiger partial charge on any atom is -0.356 e. The maximum absolute atomic E-state index is 12.0. The van der Waals surface area contributed by atoms with Gasteiger partial charge in [-0.15, -0.1) is 24.0 Å². The molecule has 0 radical (unpaired) electrons. The number of amides is 1. The Kier molecular flexibility index (Phi) is 10.5. The maximum atomic E-state index is 12.0. The Balaban J connectivity index is 0.00000392. The molecule has 6 nitrogen and oxygen atoms in total. The van der Waals surface area contributed by atoms with Gasteiger partial charge in [0.25, 0.3) is 0 Å². The van der Waals surface area contributed by atoms with Gasteiger partial charge in [0.05, 0.1) is 0 Å². The summed E-state index contributed by atoms with van der Waals surface area (Å²) in [5.41, 5.74) is 3.61. The van der Waals surface area contributed by atoms with Gasteiger partial charge in [0.15, 0.2) is 5.96 Å². The van der Waals surface area contributed by atoms with Crippen LogP contribution in [-0.2, 0) is 4.79 Å². The summed E-state index contributed by atoms with van der Waals surface area (Å²) in [7, 11) is 1.73. The summed E-state index contributed by atoms with van der Waals surface area (Å²) >= 11 is 0. The van der Waals surface area contributed by atoms with Crippen LogP contribution in [0.2, 0.25) is 0 Å². The second kappa shape index (κ2) is 12.3. The molecule has 0 bridgehead atoms. The van der Waals surface area contributed by atoms with E-state index in [2.05, 4.69) is 64.0 Å². The Morgan fingerprint density at radius 3 is 2.57 bits per heavy atom. The molecule has 2 aromatic rings. The minimum absolute atomic E-state index is 0. The van der Waals surface area contributed by atoms with Crippen LogP contribution in [0.5, 0.6) is 0 Å². The maximum Gasteiger partial charge on any atom is 0.227 e. The van der Waals surface area contributed by atoms with E-state index in [9.17, 15) is 4.79 Å². The molecular formula is C21H30IN5O. The predicted molar refractivity (Wildman–Crippen MR) is 127 cm³/mol. The predicted octanol–water partition coefficient (Wildman–Crippen LogP) is 3.61. The summed E-state index contributed by atoms with van der Waals surface area (Å²) in [6, 6.07) is 12.2. The first kappa shape index (κ1) is 23.9. The molecule has 1 unspecified atom stereocenters. The molecule has 1 aromatic heterocycles. The quantitative estimate of drug-likeness (QED) is 0.312. The summed E-state index contributed by atoms with van der Waals surface area (Å²) in [6.45, 7) is 7.50. The van der Waals surface area contributed by atoms with Gasteiger partial charge in [0.2, 0.25) is 5.91 Å². The second-order valence-corrected chi connectivity index (χ2v) is 6.71. The number of rotatable bonds is 7. The van der Waals surface area contributed by atoms with Crippen molar-refractivity contribution in [3.05, 3.63) is 59.3 Å². The van der Waals surface area contributed by atoms with Crippen LogP contribution >= 0.6 is 24.0 Å². The lowest BCUT2D eigenvalue weighted by Crippen LogP contribution is -2.40. The average molecular weight is 495 g/mol. The fourth-order valence-electron chi connectivity index (χ4n) is 2.61. The third-order valence-corrected chi connectivity index (χ3v) is 4.23. The normalized spacial score (nSPS) is 11.9. The van der Waals surface area contributed by atoms with Gasteiger partial charge in [-0.2, -0.15) is 0 Å². The number of pyridine rings is 1. The van der Waals surface area contributed by atoms with Crippen molar-refractivity contribution in [1.82, 2.24) is 15.6 Å². The number of anilines is 1. The lowest BCUT2D eigenvalue weighted by molar-refractivity contribution is -0.116. The number of benzene rings is 1. The van der Waals surface area contributed by atoms with Crippen LogP contribution in [-0.4, -0.2) is 37.0 Å². The molecule has 0 aliphatic heterocycles. The molecule has 1 atom stereocenters. The van der Waals surface area contributed by atoms with E-state index in [-0.39, 0.29) is 29.9 Å². The summed E-state index contributed by atoms with van der Waals surface area (Å²) in [6.07, 6.45) is 2.07. The number of guanidine groups is 1. The first-order valence-electron chi connectivity index (χ1n) is 9.21. The number of nitrogens with one attached hydrogen (secondary N) is 3. The minimum atomic E-state index is -0.0811. The van der Waals surface area contributed by atoms with Gasteiger partial charge >= 0.3 is 0 Å². The van der Waals surface area contributed by atoms with Gasteiger partial charge < -0.3 is 16.0 Å². The molecular weight excluding hydrogens is 465 g/mol. The molecule has 1 heterocycles. The number of aromatic nitrogens is 1. The van der Waals surface area contributed by atoms with Crippen molar-refractivity contribution >= 4 is 41.7 Å². The highest BCUT2D eigenvalue weighted by atomic mass is 127. The standard InChI is InChI=1S/C21H29N5O.HI/c1-15-6-5-7-18(12-15)17(3)14-25-21(22-4)23-11-10-20(27)26-19-9-8-16(2)13-24-19;/h5-9,12-13,17H,10-11,14H2,1-4H3,(H2,22,23,25)(H,24,26,27);1H. The largest absolute Gasteiger partial charge is 0.356 e. The zero-order valence-corrected chi connectivity index (χ0v) is 19.3. The third kappa shape index (κ3) is 8.24. The molecule has 3 N–H and O–H groups in total. The Bertz CT molecular complexity index is 777. The van der Waals surface area contributed by atoms with Crippen LogP contribution in [0.4, 0.5) is 5.82 Å². The number of nitrogens with zero attached hydrogens (tertiary/aromatic N) is 2. The van der Waals surface area contributed by atoms with E-state index < -0.39 is 0 Å². The van der Waals surface area contributed by atoms with Gasteiger partial charge in [-0.05, 0) is 37.0 Å². The number of aryl methyl sites for hydroxylation is 2. The fraction of sp³-hybridized carbons (Fsp3) is 0.381. The number of carbonyl (C=O) groups is 1. The average Bonchev–Trinajstić information content (AvgIpc) is 2.66. The number of aliphatic imine (C=N–C) groups is 1. The van der Waals surface area contributed by atoms with Crippen LogP contribution in [0.15, 0.2) is 47.6 Å². The second-order valence-electron chi connectivity index (χ2n) is 6.71. The molecule has 1 aromatic carbocycles. The van der Waals surface area contributed by atoms with Crippen LogP contribution in [0.25, 0.3) is 0 Å². The lowest BCUT2D eigenvalue weighted by Gasteiger charge is -2.16. The summed E-state index contributed by atoms with van der Waals surface area (Å²) in [5, 5.41) is 9.27. The molecule has 152 valence electrons. The third-order valence-electron chi connectivity index (χ3n) is 4.23. The van der Waals surface area contributed by atoms with Crippen molar-refractivity contribution in [2.75, 3.05) is 25.5 Å². The van der Waals surface area contributed by atoms with Crippen molar-refractivity contribution in [3.8, 4) is 0 Å². The van der Waals surface area contributed by atoms with E-state index >= 15 is 0 Å². The lowest BCUT2D eigenvalue weighted by atomic mass is 9.99. The van der Waals surface area contributed by atoms with Crippen molar-refractivity contribution in [1.29, 1.82) is 0 Å². The molecule has 0 saturated carbocycles. The van der Waals surface area contributed by atoms with Gasteiger partial charge in [0.1, 0.15) is 5.82 Å². The van der Waals surface area contributed by atoms with Crippen molar-refractivity contribution in [3.63, 3.8) is 0 Å². The van der Waals surface area contributed by atoms with Gasteiger partial charge in [0, 0.05) is 32.8 Å². The highest BCUT2D eigenvalue weighted by Gasteiger charge is 2.08.